The number of hydrogen-bond acceptors (Lipinski definition) is 4. The molecule has 1 aliphatic rings. The molecule has 4 nitrogen and oxygen atoms in total. The number of Topliss-reactive ketones (excluding diaryl/α,β-unsaturated/α-hetero) is 1. The van der Waals surface area contributed by atoms with Crippen molar-refractivity contribution in [2.24, 2.45) is 11.7 Å². The molecule has 0 aliphatic carbocycles. The number of rotatable bonds is 4. The predicted molar refractivity (Wildman–Crippen MR) is 47.9 cm³/mol. The SMILES string of the molecule is CC(C)CC(=O)C(N)C1OC(C)O1. The second kappa shape index (κ2) is 4.17. The lowest BCUT2D eigenvalue weighted by molar-refractivity contribution is -0.377. The van der Waals surface area contributed by atoms with Gasteiger partial charge < -0.3 is 15.2 Å². The molecular weight excluding hydrogens is 170 g/mol. The number of hydrogen-bond donors (Lipinski definition) is 1. The summed E-state index contributed by atoms with van der Waals surface area (Å²) in [6.07, 6.45) is -0.261. The van der Waals surface area contributed by atoms with E-state index in [0.29, 0.717) is 12.3 Å². The number of nitrogens with two attached hydrogens (primary N) is 1. The third-order valence-corrected chi connectivity index (χ3v) is 1.93. The maximum absolute atomic E-state index is 11.4. The zero-order chi connectivity index (χ0) is 10.0. The fourth-order valence-corrected chi connectivity index (χ4v) is 1.25. The number of carbonyl (C=O) groups is 1. The molecule has 4 heteroatoms. The van der Waals surface area contributed by atoms with Crippen LogP contribution in [-0.2, 0) is 14.3 Å². The molecule has 76 valence electrons. The van der Waals surface area contributed by atoms with Crippen LogP contribution in [0, 0.1) is 5.92 Å². The Kier molecular flexibility index (Phi) is 3.41. The maximum atomic E-state index is 11.4. The summed E-state index contributed by atoms with van der Waals surface area (Å²) in [5.41, 5.74) is 5.63. The first kappa shape index (κ1) is 10.6. The van der Waals surface area contributed by atoms with Crippen molar-refractivity contribution < 1.29 is 14.3 Å². The average molecular weight is 187 g/mol. The van der Waals surface area contributed by atoms with Crippen molar-refractivity contribution in [3.8, 4) is 0 Å². The minimum Gasteiger partial charge on any atom is -0.322 e. The minimum absolute atomic E-state index is 0.00639. The van der Waals surface area contributed by atoms with Crippen LogP contribution < -0.4 is 5.73 Å². The summed E-state index contributed by atoms with van der Waals surface area (Å²) >= 11 is 0. The quantitative estimate of drug-likeness (QED) is 0.702. The summed E-state index contributed by atoms with van der Waals surface area (Å²) in [5, 5.41) is 0. The standard InChI is InChI=1S/C9H17NO3/c1-5(2)4-7(11)8(10)9-12-6(3)13-9/h5-6,8-9H,4,10H2,1-3H3. The molecule has 13 heavy (non-hydrogen) atoms. The lowest BCUT2D eigenvalue weighted by Crippen LogP contribution is -2.54. The van der Waals surface area contributed by atoms with Gasteiger partial charge in [-0.1, -0.05) is 13.8 Å². The van der Waals surface area contributed by atoms with Gasteiger partial charge in [0.25, 0.3) is 0 Å². The lowest BCUT2D eigenvalue weighted by atomic mass is 10.0. The molecule has 0 bridgehead atoms. The summed E-state index contributed by atoms with van der Waals surface area (Å²) < 4.78 is 10.3. The monoisotopic (exact) mass is 187 g/mol. The van der Waals surface area contributed by atoms with Crippen molar-refractivity contribution >= 4 is 5.78 Å². The van der Waals surface area contributed by atoms with Gasteiger partial charge in [-0.15, -0.1) is 0 Å². The van der Waals surface area contributed by atoms with Crippen molar-refractivity contribution in [1.29, 1.82) is 0 Å². The summed E-state index contributed by atoms with van der Waals surface area (Å²) in [4.78, 5) is 11.4. The Morgan fingerprint density at radius 1 is 1.46 bits per heavy atom. The van der Waals surface area contributed by atoms with E-state index in [1.165, 1.54) is 0 Å². The van der Waals surface area contributed by atoms with Gasteiger partial charge in [0.15, 0.2) is 18.4 Å². The van der Waals surface area contributed by atoms with Crippen LogP contribution in [0.3, 0.4) is 0 Å². The Balaban J connectivity index is 2.30. The Labute approximate surface area is 78.4 Å². The highest BCUT2D eigenvalue weighted by Crippen LogP contribution is 2.19. The van der Waals surface area contributed by atoms with Crippen LogP contribution in [0.4, 0.5) is 0 Å². The van der Waals surface area contributed by atoms with Crippen molar-refractivity contribution in [1.82, 2.24) is 0 Å². The third-order valence-electron chi connectivity index (χ3n) is 1.93. The molecule has 0 spiro atoms. The van der Waals surface area contributed by atoms with E-state index in [2.05, 4.69) is 0 Å². The second-order valence-corrected chi connectivity index (χ2v) is 3.80. The molecule has 1 unspecified atom stereocenters. The maximum Gasteiger partial charge on any atom is 0.185 e. The summed E-state index contributed by atoms with van der Waals surface area (Å²) in [6.45, 7) is 5.74. The fraction of sp³-hybridized carbons (Fsp3) is 0.889. The number of ether oxygens (including phenoxy) is 2. The normalized spacial score (nSPS) is 29.9. The molecule has 0 radical (unpaired) electrons. The van der Waals surface area contributed by atoms with Gasteiger partial charge in [-0.3, -0.25) is 4.79 Å². The molecule has 1 atom stereocenters. The molecule has 0 aromatic carbocycles. The van der Waals surface area contributed by atoms with Gasteiger partial charge in [-0.25, -0.2) is 0 Å². The van der Waals surface area contributed by atoms with Gasteiger partial charge in [-0.05, 0) is 12.8 Å². The molecule has 0 amide bonds. The molecular formula is C9H17NO3. The smallest absolute Gasteiger partial charge is 0.185 e. The Hall–Kier alpha value is -0.450. The largest absolute Gasteiger partial charge is 0.322 e. The van der Waals surface area contributed by atoms with Crippen LogP contribution in [0.25, 0.3) is 0 Å². The summed E-state index contributed by atoms with van der Waals surface area (Å²) in [7, 11) is 0. The molecule has 1 heterocycles. The molecule has 2 N–H and O–H groups in total. The van der Waals surface area contributed by atoms with Crippen molar-refractivity contribution in [3.05, 3.63) is 0 Å². The molecule has 0 saturated carbocycles. The van der Waals surface area contributed by atoms with E-state index in [1.807, 2.05) is 13.8 Å². The van der Waals surface area contributed by atoms with Gasteiger partial charge in [0, 0.05) is 6.42 Å². The summed E-state index contributed by atoms with van der Waals surface area (Å²) in [6, 6.07) is -0.626. The van der Waals surface area contributed by atoms with Gasteiger partial charge in [0.05, 0.1) is 0 Å². The fourth-order valence-electron chi connectivity index (χ4n) is 1.25. The van der Waals surface area contributed by atoms with Crippen molar-refractivity contribution in [3.63, 3.8) is 0 Å². The van der Waals surface area contributed by atoms with E-state index in [9.17, 15) is 4.79 Å². The van der Waals surface area contributed by atoms with Gasteiger partial charge in [0.2, 0.25) is 0 Å². The van der Waals surface area contributed by atoms with E-state index in [1.54, 1.807) is 6.92 Å². The van der Waals surface area contributed by atoms with Crippen molar-refractivity contribution in [2.75, 3.05) is 0 Å². The summed E-state index contributed by atoms with van der Waals surface area (Å²) in [5.74, 6) is 0.336. The van der Waals surface area contributed by atoms with Crippen molar-refractivity contribution in [2.45, 2.75) is 45.8 Å². The highest BCUT2D eigenvalue weighted by molar-refractivity contribution is 5.84. The molecule has 1 fully saturated rings. The third kappa shape index (κ3) is 2.76. The molecule has 1 rings (SSSR count). The Morgan fingerprint density at radius 2 is 2.00 bits per heavy atom. The first-order valence-electron chi connectivity index (χ1n) is 4.60. The molecule has 0 aromatic rings. The first-order valence-corrected chi connectivity index (χ1v) is 4.60. The molecule has 1 saturated heterocycles. The van der Waals surface area contributed by atoms with E-state index in [-0.39, 0.29) is 12.1 Å². The van der Waals surface area contributed by atoms with E-state index in [4.69, 9.17) is 15.2 Å². The Morgan fingerprint density at radius 3 is 2.38 bits per heavy atom. The molecule has 1 aliphatic heterocycles. The van der Waals surface area contributed by atoms with E-state index < -0.39 is 12.3 Å². The van der Waals surface area contributed by atoms with E-state index >= 15 is 0 Å². The van der Waals surface area contributed by atoms with Gasteiger partial charge in [0.1, 0.15) is 6.04 Å². The number of carbonyl (C=O) groups excluding carboxylic acids is 1. The minimum atomic E-state index is -0.626. The van der Waals surface area contributed by atoms with Gasteiger partial charge >= 0.3 is 0 Å². The van der Waals surface area contributed by atoms with Crippen LogP contribution in [0.5, 0.6) is 0 Å². The predicted octanol–water partition coefficient (Wildman–Crippen LogP) is 0.648. The highest BCUT2D eigenvalue weighted by atomic mass is 16.9. The average Bonchev–Trinajstić information content (AvgIpc) is 1.96. The van der Waals surface area contributed by atoms with E-state index in [0.717, 1.165) is 0 Å². The van der Waals surface area contributed by atoms with Crippen LogP contribution in [0.2, 0.25) is 0 Å². The van der Waals surface area contributed by atoms with Crippen LogP contribution in [0.1, 0.15) is 27.2 Å². The molecule has 0 aromatic heterocycles. The Bertz CT molecular complexity index is 187. The van der Waals surface area contributed by atoms with Crippen LogP contribution in [0.15, 0.2) is 0 Å². The van der Waals surface area contributed by atoms with Crippen LogP contribution >= 0.6 is 0 Å². The van der Waals surface area contributed by atoms with Gasteiger partial charge in [-0.2, -0.15) is 0 Å². The second-order valence-electron chi connectivity index (χ2n) is 3.80. The number of ketones is 1. The highest BCUT2D eigenvalue weighted by Gasteiger charge is 2.36. The topological polar surface area (TPSA) is 61.6 Å². The first-order chi connectivity index (χ1) is 6.00. The zero-order valence-corrected chi connectivity index (χ0v) is 8.32. The van der Waals surface area contributed by atoms with Crippen LogP contribution in [-0.4, -0.2) is 24.4 Å². The zero-order valence-electron chi connectivity index (χ0n) is 8.32. The lowest BCUT2D eigenvalue weighted by Gasteiger charge is -2.36.